The third kappa shape index (κ3) is 12.3. The van der Waals surface area contributed by atoms with Crippen LogP contribution < -0.4 is 0 Å². The first-order chi connectivity index (χ1) is 8.70. The zero-order chi connectivity index (χ0) is 13.6. The number of rotatable bonds is 10. The van der Waals surface area contributed by atoms with Crippen LogP contribution in [0.3, 0.4) is 0 Å². The van der Waals surface area contributed by atoms with Crippen molar-refractivity contribution in [3.05, 3.63) is 12.7 Å². The normalized spacial score (nSPS) is 10.2. The first kappa shape index (κ1) is 13.5. The average Bonchev–Trinajstić information content (AvgIpc) is 2.40. The Balaban J connectivity index is 3.10. The summed E-state index contributed by atoms with van der Waals surface area (Å²) in [4.78, 5) is 21.0. The minimum Gasteiger partial charge on any atom is -0.460 e. The number of hydrogen-bond acceptors (Lipinski definition) is 7. The third-order valence-corrected chi connectivity index (χ3v) is 1.46. The Hall–Kier alpha value is -1.60. The Morgan fingerprint density at radius 3 is 2.12 bits per heavy atom. The van der Waals surface area contributed by atoms with Crippen molar-refractivity contribution >= 4 is 12.1 Å². The van der Waals surface area contributed by atoms with E-state index in [9.17, 15) is 9.59 Å². The Morgan fingerprint density at radius 1 is 1.06 bits per heavy atom. The summed E-state index contributed by atoms with van der Waals surface area (Å²) in [6.07, 6.45) is 0.00391. The summed E-state index contributed by atoms with van der Waals surface area (Å²) in [5.41, 5.74) is 0. The van der Waals surface area contributed by atoms with Crippen molar-refractivity contribution in [2.45, 2.75) is 0 Å². The van der Waals surface area contributed by atoms with Crippen molar-refractivity contribution in [1.29, 1.82) is 1.43 Å². The molecule has 0 heterocycles. The number of carboxylic acid groups (broad SMARTS) is 1. The summed E-state index contributed by atoms with van der Waals surface area (Å²) in [6, 6.07) is 0. The molecule has 0 aromatic rings. The van der Waals surface area contributed by atoms with Gasteiger partial charge in [0.2, 0.25) is 0 Å². The number of carbonyl (C=O) groups excluding carboxylic acids is 1. The Kier molecular flexibility index (Phi) is 8.64. The Morgan fingerprint density at radius 2 is 1.59 bits per heavy atom. The smallest absolute Gasteiger partial charge is 0.460 e. The summed E-state index contributed by atoms with van der Waals surface area (Å²) in [6.45, 7) is 4.50. The van der Waals surface area contributed by atoms with Crippen LogP contribution in [0.15, 0.2) is 12.7 Å². The highest BCUT2D eigenvalue weighted by Crippen LogP contribution is 1.84. The monoisotopic (exact) mass is 250 g/mol. The Labute approximate surface area is 100 Å². The van der Waals surface area contributed by atoms with Gasteiger partial charge in [-0.15, -0.1) is 0 Å². The van der Waals surface area contributed by atoms with Gasteiger partial charge in [0, 0.05) is 6.08 Å². The molecule has 0 amide bonds. The molecule has 0 atom stereocenters. The fourth-order valence-corrected chi connectivity index (χ4v) is 0.766. The number of esters is 1. The van der Waals surface area contributed by atoms with E-state index in [1.807, 2.05) is 0 Å². The first-order valence-corrected chi connectivity index (χ1v) is 4.95. The molecule has 0 aliphatic rings. The summed E-state index contributed by atoms with van der Waals surface area (Å²) in [5.74, 6) is -0.492. The molecule has 0 aliphatic carbocycles. The van der Waals surface area contributed by atoms with Gasteiger partial charge in [-0.1, -0.05) is 6.58 Å². The van der Waals surface area contributed by atoms with Crippen molar-refractivity contribution in [2.24, 2.45) is 0 Å². The minimum absolute atomic E-state index is 0.00859. The first-order valence-electron chi connectivity index (χ1n) is 5.36. The molecule has 7 heteroatoms. The van der Waals surface area contributed by atoms with E-state index in [1.165, 1.54) is 0 Å². The van der Waals surface area contributed by atoms with E-state index in [0.717, 1.165) is 6.08 Å². The van der Waals surface area contributed by atoms with Crippen molar-refractivity contribution in [2.75, 3.05) is 39.6 Å². The lowest BCUT2D eigenvalue weighted by Gasteiger charge is -2.05. The standard InChI is InChI=1S/C10H16O7/c1-2-9(11)16-7-5-14-3-4-15-6-8-17-10(12)13/h2H,1,3-8H2,(H,12,13)/i/hT. The van der Waals surface area contributed by atoms with Crippen LogP contribution in [0.2, 0.25) is 0 Å². The summed E-state index contributed by atoms with van der Waals surface area (Å²) in [7, 11) is 0. The minimum atomic E-state index is -1.07. The van der Waals surface area contributed by atoms with Gasteiger partial charge in [0.1, 0.15) is 13.2 Å². The lowest BCUT2D eigenvalue weighted by Crippen LogP contribution is -2.13. The van der Waals surface area contributed by atoms with Gasteiger partial charge < -0.3 is 24.1 Å². The van der Waals surface area contributed by atoms with Crippen molar-refractivity contribution < 1.29 is 33.6 Å². The lowest BCUT2D eigenvalue weighted by molar-refractivity contribution is -0.139. The molecule has 0 aromatic carbocycles. The van der Waals surface area contributed by atoms with Crippen molar-refractivity contribution in [3.8, 4) is 0 Å². The van der Waals surface area contributed by atoms with Gasteiger partial charge in [-0.05, 0) is 0 Å². The predicted octanol–water partition coefficient (Wildman–Crippen LogP) is 0.443. The largest absolute Gasteiger partial charge is 0.505 e. The molecule has 0 unspecified atom stereocenters. The molecule has 0 fully saturated rings. The van der Waals surface area contributed by atoms with Gasteiger partial charge in [0.15, 0.2) is 0 Å². The number of hydrogen-bond donors (Lipinski definition) is 1. The fourth-order valence-electron chi connectivity index (χ4n) is 0.766. The third-order valence-electron chi connectivity index (χ3n) is 1.46. The van der Waals surface area contributed by atoms with Crippen LogP contribution in [0.4, 0.5) is 4.79 Å². The van der Waals surface area contributed by atoms with Gasteiger partial charge in [-0.2, -0.15) is 0 Å². The summed E-state index contributed by atoms with van der Waals surface area (Å²) >= 11 is 0. The second kappa shape index (κ2) is 10.9. The van der Waals surface area contributed by atoms with E-state index in [0.29, 0.717) is 13.2 Å². The molecular formula is C10H16O7. The van der Waals surface area contributed by atoms with Gasteiger partial charge in [-0.3, -0.25) is 0 Å². The number of ether oxygens (including phenoxy) is 4. The van der Waals surface area contributed by atoms with E-state index in [4.69, 9.17) is 10.9 Å². The topological polar surface area (TPSA) is 91.3 Å². The quantitative estimate of drug-likeness (QED) is 0.342. The van der Waals surface area contributed by atoms with Crippen molar-refractivity contribution in [1.82, 2.24) is 0 Å². The van der Waals surface area contributed by atoms with Crippen LogP contribution in [-0.2, 0) is 23.7 Å². The van der Waals surface area contributed by atoms with Crippen LogP contribution >= 0.6 is 0 Å². The van der Waals surface area contributed by atoms with Gasteiger partial charge in [-0.25, -0.2) is 9.59 Å². The highest BCUT2D eigenvalue weighted by atomic mass is 16.7. The van der Waals surface area contributed by atoms with Gasteiger partial charge in [0.05, 0.1) is 26.4 Å². The van der Waals surface area contributed by atoms with Crippen LogP contribution in [0, 0.1) is 0 Å². The summed E-state index contributed by atoms with van der Waals surface area (Å²) in [5, 5.41) is 3.51. The molecule has 0 aliphatic heterocycles. The van der Waals surface area contributed by atoms with Crippen LogP contribution in [0.1, 0.15) is 0 Å². The molecule has 7 nitrogen and oxygen atoms in total. The second-order valence-electron chi connectivity index (χ2n) is 2.69. The number of carbonyl (C=O) groups is 2. The maximum absolute atomic E-state index is 10.6. The zero-order valence-corrected chi connectivity index (χ0v) is 9.38. The SMILES string of the molecule is [3H]OC(=O)OCCOCCOCCOC(=O)C=C. The second-order valence-corrected chi connectivity index (χ2v) is 2.69. The van der Waals surface area contributed by atoms with Crippen LogP contribution in [0.25, 0.3) is 1.43 Å². The lowest BCUT2D eigenvalue weighted by atomic mass is 10.6. The molecule has 0 aromatic heterocycles. The molecule has 17 heavy (non-hydrogen) atoms. The van der Waals surface area contributed by atoms with E-state index >= 15 is 0 Å². The van der Waals surface area contributed by atoms with Crippen molar-refractivity contribution in [3.63, 3.8) is 0 Å². The molecule has 98 valence electrons. The highest BCUT2D eigenvalue weighted by molar-refractivity contribution is 5.81. The summed E-state index contributed by atoms with van der Waals surface area (Å²) < 4.78 is 25.4. The molecule has 0 radical (unpaired) electrons. The van der Waals surface area contributed by atoms with Gasteiger partial charge >= 0.3 is 13.6 Å². The zero-order valence-electron chi connectivity index (χ0n) is 10.4. The van der Waals surface area contributed by atoms with Crippen LogP contribution in [0.5, 0.6) is 0 Å². The molecule has 0 spiro atoms. The molecule has 1 N–H and O–H groups in total. The molecule has 0 saturated carbocycles. The van der Waals surface area contributed by atoms with E-state index in [1.54, 1.807) is 0 Å². The maximum Gasteiger partial charge on any atom is 0.505 e. The van der Waals surface area contributed by atoms with E-state index in [-0.39, 0.29) is 26.4 Å². The average molecular weight is 250 g/mol. The highest BCUT2D eigenvalue weighted by Gasteiger charge is 1.96. The maximum atomic E-state index is 10.6. The van der Waals surface area contributed by atoms with E-state index < -0.39 is 12.1 Å². The molecule has 0 saturated heterocycles. The van der Waals surface area contributed by atoms with E-state index in [2.05, 4.69) is 21.2 Å². The van der Waals surface area contributed by atoms with Crippen LogP contribution in [-0.4, -0.2) is 56.9 Å². The Bertz CT molecular complexity index is 257. The molecule has 0 rings (SSSR count). The van der Waals surface area contributed by atoms with Gasteiger partial charge in [0.25, 0.3) is 0 Å². The molecule has 0 bridgehead atoms. The molecular weight excluding hydrogens is 232 g/mol. The predicted molar refractivity (Wildman–Crippen MR) is 56.8 cm³/mol. The fraction of sp³-hybridized carbons (Fsp3) is 0.600.